The maximum absolute atomic E-state index is 12.7. The van der Waals surface area contributed by atoms with Gasteiger partial charge < -0.3 is 4.74 Å². The minimum atomic E-state index is -0.712. The molecule has 4 heteroatoms. The second kappa shape index (κ2) is 7.01. The van der Waals surface area contributed by atoms with Gasteiger partial charge in [-0.1, -0.05) is 0 Å². The Labute approximate surface area is 106 Å². The van der Waals surface area contributed by atoms with Crippen molar-refractivity contribution >= 4 is 11.6 Å². The summed E-state index contributed by atoms with van der Waals surface area (Å²) in [5.74, 6) is -1.55. The molecule has 0 aliphatic rings. The Balaban J connectivity index is 2.60. The molecule has 0 saturated heterocycles. The Morgan fingerprint density at radius 2 is 1.89 bits per heavy atom. The molecule has 1 atom stereocenters. The van der Waals surface area contributed by atoms with E-state index in [0.717, 1.165) is 0 Å². The second-order valence-electron chi connectivity index (χ2n) is 4.01. The molecule has 0 aliphatic carbocycles. The highest BCUT2D eigenvalue weighted by Gasteiger charge is 2.22. The number of ether oxygens (including phenoxy) is 1. The van der Waals surface area contributed by atoms with Gasteiger partial charge in [0.2, 0.25) is 0 Å². The van der Waals surface area contributed by atoms with Crippen LogP contribution in [0.3, 0.4) is 0 Å². The highest BCUT2D eigenvalue weighted by molar-refractivity contribution is 6.10. The lowest BCUT2D eigenvalue weighted by Gasteiger charge is -2.09. The van der Waals surface area contributed by atoms with Gasteiger partial charge in [-0.15, -0.1) is 0 Å². The zero-order valence-corrected chi connectivity index (χ0v) is 10.6. The SMILES string of the molecule is CCOCCC(=O)C(C)C(=O)c1ccc(F)cc1. The third kappa shape index (κ3) is 4.04. The lowest BCUT2D eigenvalue weighted by atomic mass is 9.94. The molecule has 1 aromatic rings. The van der Waals surface area contributed by atoms with Crippen LogP contribution in [0.25, 0.3) is 0 Å². The Kier molecular flexibility index (Phi) is 5.65. The van der Waals surface area contributed by atoms with E-state index in [9.17, 15) is 14.0 Å². The fourth-order valence-corrected chi connectivity index (χ4v) is 1.54. The van der Waals surface area contributed by atoms with Gasteiger partial charge in [-0.25, -0.2) is 4.39 Å². The quantitative estimate of drug-likeness (QED) is 0.425. The maximum atomic E-state index is 12.7. The number of rotatable bonds is 7. The van der Waals surface area contributed by atoms with Crippen LogP contribution in [-0.2, 0) is 9.53 Å². The van der Waals surface area contributed by atoms with E-state index in [0.29, 0.717) is 18.8 Å². The number of carbonyl (C=O) groups is 2. The minimum Gasteiger partial charge on any atom is -0.381 e. The summed E-state index contributed by atoms with van der Waals surface area (Å²) in [6.45, 7) is 4.29. The molecule has 18 heavy (non-hydrogen) atoms. The molecule has 3 nitrogen and oxygen atoms in total. The summed E-state index contributed by atoms with van der Waals surface area (Å²) >= 11 is 0. The van der Waals surface area contributed by atoms with Crippen molar-refractivity contribution in [3.05, 3.63) is 35.6 Å². The van der Waals surface area contributed by atoms with E-state index in [1.165, 1.54) is 24.3 Å². The third-order valence-electron chi connectivity index (χ3n) is 2.70. The number of hydrogen-bond acceptors (Lipinski definition) is 3. The number of carbonyl (C=O) groups excluding carboxylic acids is 2. The highest BCUT2D eigenvalue weighted by atomic mass is 19.1. The summed E-state index contributed by atoms with van der Waals surface area (Å²) in [5, 5.41) is 0. The summed E-state index contributed by atoms with van der Waals surface area (Å²) in [6, 6.07) is 5.21. The lowest BCUT2D eigenvalue weighted by molar-refractivity contribution is -0.122. The highest BCUT2D eigenvalue weighted by Crippen LogP contribution is 2.12. The number of ketones is 2. The van der Waals surface area contributed by atoms with Crippen LogP contribution in [0.5, 0.6) is 0 Å². The molecule has 98 valence electrons. The van der Waals surface area contributed by atoms with Gasteiger partial charge in [0.05, 0.1) is 12.5 Å². The Morgan fingerprint density at radius 3 is 2.44 bits per heavy atom. The summed E-state index contributed by atoms with van der Waals surface area (Å²) in [4.78, 5) is 23.7. The smallest absolute Gasteiger partial charge is 0.173 e. The van der Waals surface area contributed by atoms with Crippen LogP contribution in [0.4, 0.5) is 4.39 Å². The number of benzene rings is 1. The molecule has 0 N–H and O–H groups in total. The molecule has 0 aromatic heterocycles. The molecule has 1 aromatic carbocycles. The van der Waals surface area contributed by atoms with E-state index in [1.54, 1.807) is 6.92 Å². The van der Waals surface area contributed by atoms with Gasteiger partial charge in [0, 0.05) is 18.6 Å². The molecule has 0 spiro atoms. The van der Waals surface area contributed by atoms with Crippen molar-refractivity contribution in [2.75, 3.05) is 13.2 Å². The van der Waals surface area contributed by atoms with Crippen molar-refractivity contribution in [2.45, 2.75) is 20.3 Å². The molecule has 1 rings (SSSR count). The molecule has 0 amide bonds. The van der Waals surface area contributed by atoms with Crippen LogP contribution in [-0.4, -0.2) is 24.8 Å². The van der Waals surface area contributed by atoms with Gasteiger partial charge in [-0.05, 0) is 38.1 Å². The number of hydrogen-bond donors (Lipinski definition) is 0. The first kappa shape index (κ1) is 14.5. The van der Waals surface area contributed by atoms with Gasteiger partial charge >= 0.3 is 0 Å². The normalized spacial score (nSPS) is 12.2. The third-order valence-corrected chi connectivity index (χ3v) is 2.70. The second-order valence-corrected chi connectivity index (χ2v) is 4.01. The predicted molar refractivity (Wildman–Crippen MR) is 66.0 cm³/mol. The van der Waals surface area contributed by atoms with Crippen molar-refractivity contribution < 1.29 is 18.7 Å². The van der Waals surface area contributed by atoms with Crippen molar-refractivity contribution in [1.29, 1.82) is 0 Å². The van der Waals surface area contributed by atoms with Crippen molar-refractivity contribution in [2.24, 2.45) is 5.92 Å². The minimum absolute atomic E-state index is 0.155. The molecule has 0 saturated carbocycles. The molecule has 0 heterocycles. The van der Waals surface area contributed by atoms with Crippen LogP contribution >= 0.6 is 0 Å². The van der Waals surface area contributed by atoms with Gasteiger partial charge in [0.1, 0.15) is 11.6 Å². The lowest BCUT2D eigenvalue weighted by Crippen LogP contribution is -2.22. The van der Waals surface area contributed by atoms with Crippen molar-refractivity contribution in [1.82, 2.24) is 0 Å². The molecule has 0 bridgehead atoms. The fraction of sp³-hybridized carbons (Fsp3) is 0.429. The molecular formula is C14H17FO3. The monoisotopic (exact) mass is 252 g/mol. The molecular weight excluding hydrogens is 235 g/mol. The molecule has 1 unspecified atom stereocenters. The van der Waals surface area contributed by atoms with E-state index in [-0.39, 0.29) is 18.0 Å². The number of halogens is 1. The zero-order valence-electron chi connectivity index (χ0n) is 10.6. The first-order valence-electron chi connectivity index (χ1n) is 5.96. The zero-order chi connectivity index (χ0) is 13.5. The summed E-state index contributed by atoms with van der Waals surface area (Å²) in [7, 11) is 0. The molecule has 0 aliphatic heterocycles. The molecule has 0 fully saturated rings. The Bertz CT molecular complexity index is 412. The Morgan fingerprint density at radius 1 is 1.28 bits per heavy atom. The van der Waals surface area contributed by atoms with Gasteiger partial charge in [-0.3, -0.25) is 9.59 Å². The van der Waals surface area contributed by atoms with Crippen LogP contribution in [0, 0.1) is 11.7 Å². The van der Waals surface area contributed by atoms with Crippen LogP contribution < -0.4 is 0 Å². The largest absolute Gasteiger partial charge is 0.381 e. The fourth-order valence-electron chi connectivity index (χ4n) is 1.54. The predicted octanol–water partition coefficient (Wildman–Crippen LogP) is 2.64. The first-order valence-corrected chi connectivity index (χ1v) is 5.96. The van der Waals surface area contributed by atoms with E-state index in [1.807, 2.05) is 6.92 Å². The average molecular weight is 252 g/mol. The summed E-state index contributed by atoms with van der Waals surface area (Å²) < 4.78 is 17.8. The van der Waals surface area contributed by atoms with E-state index < -0.39 is 11.7 Å². The van der Waals surface area contributed by atoms with E-state index in [2.05, 4.69) is 0 Å². The number of Topliss-reactive ketones (excluding diaryl/α,β-unsaturated/α-hetero) is 2. The molecule has 0 radical (unpaired) electrons. The van der Waals surface area contributed by atoms with Crippen molar-refractivity contribution in [3.8, 4) is 0 Å². The van der Waals surface area contributed by atoms with E-state index >= 15 is 0 Å². The maximum Gasteiger partial charge on any atom is 0.173 e. The summed E-state index contributed by atoms with van der Waals surface area (Å²) in [5.41, 5.74) is 0.355. The standard InChI is InChI=1S/C14H17FO3/c1-3-18-9-8-13(16)10(2)14(17)11-4-6-12(15)7-5-11/h4-7,10H,3,8-9H2,1-2H3. The Hall–Kier alpha value is -1.55. The van der Waals surface area contributed by atoms with Gasteiger partial charge in [0.15, 0.2) is 5.78 Å². The van der Waals surface area contributed by atoms with Crippen LogP contribution in [0.1, 0.15) is 30.6 Å². The first-order chi connectivity index (χ1) is 8.56. The van der Waals surface area contributed by atoms with E-state index in [4.69, 9.17) is 4.74 Å². The summed E-state index contributed by atoms with van der Waals surface area (Å²) in [6.07, 6.45) is 0.224. The van der Waals surface area contributed by atoms with Gasteiger partial charge in [0.25, 0.3) is 0 Å². The topological polar surface area (TPSA) is 43.4 Å². The van der Waals surface area contributed by atoms with Gasteiger partial charge in [-0.2, -0.15) is 0 Å². The van der Waals surface area contributed by atoms with Crippen LogP contribution in [0.15, 0.2) is 24.3 Å². The average Bonchev–Trinajstić information content (AvgIpc) is 2.38. The van der Waals surface area contributed by atoms with Crippen LogP contribution in [0.2, 0.25) is 0 Å². The van der Waals surface area contributed by atoms with Crippen molar-refractivity contribution in [3.63, 3.8) is 0 Å².